The van der Waals surface area contributed by atoms with Crippen LogP contribution in [0.25, 0.3) is 0 Å². The molecule has 60 valence electrons. The first-order chi connectivity index (χ1) is 4.20. The van der Waals surface area contributed by atoms with Crippen molar-refractivity contribution >= 4 is 0 Å². The van der Waals surface area contributed by atoms with E-state index in [-0.39, 0.29) is 10.5 Å². The summed E-state index contributed by atoms with van der Waals surface area (Å²) in [6, 6.07) is 0. The molecule has 0 fully saturated rings. The Hall–Kier alpha value is -0.400. The second kappa shape index (κ2) is 3.69. The van der Waals surface area contributed by atoms with Gasteiger partial charge < -0.3 is 0 Å². The van der Waals surface area contributed by atoms with Crippen molar-refractivity contribution in [2.75, 3.05) is 0 Å². The quantitative estimate of drug-likeness (QED) is 0.495. The smallest absolute Gasteiger partial charge is 0.0991 e. The predicted octanol–water partition coefficient (Wildman–Crippen LogP) is 3.20. The second-order valence-corrected chi connectivity index (χ2v) is 3.03. The molecule has 0 spiro atoms. The van der Waals surface area contributed by atoms with E-state index in [0.29, 0.717) is 12.3 Å². The minimum Gasteiger partial charge on any atom is -0.269 e. The van der Waals surface area contributed by atoms with Crippen molar-refractivity contribution in [2.24, 2.45) is 5.92 Å². The van der Waals surface area contributed by atoms with E-state index in [9.17, 15) is 4.39 Å². The summed E-state index contributed by atoms with van der Waals surface area (Å²) in [5.74, 6) is 0.697. The van der Waals surface area contributed by atoms with Crippen LogP contribution in [0.4, 0.5) is 9.09 Å². The summed E-state index contributed by atoms with van der Waals surface area (Å²) in [4.78, 5) is 0. The van der Waals surface area contributed by atoms with Crippen LogP contribution in [0, 0.1) is 5.92 Å². The number of halogens is 2. The summed E-state index contributed by atoms with van der Waals surface area (Å²) in [5.41, 5.74) is 0.966. The Morgan fingerprint density at radius 3 is 2.50 bits per heavy atom. The zero-order valence-electron chi connectivity index (χ0n) is 6.48. The fourth-order valence-corrected chi connectivity index (χ4v) is 1.18. The van der Waals surface area contributed by atoms with E-state index in [1.54, 1.807) is 0 Å². The van der Waals surface area contributed by atoms with Gasteiger partial charge in [-0.1, -0.05) is 6.92 Å². The van der Waals surface area contributed by atoms with Crippen molar-refractivity contribution in [3.05, 3.63) is 11.4 Å². The van der Waals surface area contributed by atoms with E-state index in [0.717, 1.165) is 12.0 Å². The third kappa shape index (κ3) is 2.09. The van der Waals surface area contributed by atoms with Gasteiger partial charge in [0.1, 0.15) is 0 Å². The maximum atomic E-state index is 12.7. The molecule has 0 aromatic heterocycles. The van der Waals surface area contributed by atoms with Crippen LogP contribution in [-0.4, -0.2) is 0 Å². The molecular formula is C8H14F2. The van der Waals surface area contributed by atoms with Crippen molar-refractivity contribution in [3.63, 3.8) is 0 Å². The third-order valence-corrected chi connectivity index (χ3v) is 2.00. The lowest BCUT2D eigenvalue weighted by Crippen LogP contribution is -2.02. The molecule has 0 radical (unpaired) electrons. The lowest BCUT2D eigenvalue weighted by Gasteiger charge is -2.17. The Labute approximate surface area is 60.5 Å². The van der Waals surface area contributed by atoms with Crippen LogP contribution in [0.15, 0.2) is 11.4 Å². The maximum Gasteiger partial charge on any atom is 0.0991 e. The van der Waals surface area contributed by atoms with Gasteiger partial charge in [-0.2, -0.15) is 0 Å². The molecule has 1 aliphatic carbocycles. The molecule has 0 saturated heterocycles. The summed E-state index contributed by atoms with van der Waals surface area (Å²) in [6.45, 7) is 3.99. The normalized spacial score (nSPS) is 26.1. The lowest BCUT2D eigenvalue weighted by molar-refractivity contribution is 0.422. The molecule has 0 bridgehead atoms. The molecule has 0 aromatic rings. The van der Waals surface area contributed by atoms with Crippen molar-refractivity contribution in [1.29, 1.82) is 0 Å². The Bertz CT molecular complexity index is 138. The Morgan fingerprint density at radius 2 is 2.10 bits per heavy atom. The van der Waals surface area contributed by atoms with Crippen LogP contribution in [0.5, 0.6) is 0 Å². The molecule has 2 heteroatoms. The number of allylic oxidation sites excluding steroid dienone is 2. The average Bonchev–Trinajstić information content (AvgIpc) is 1.80. The summed E-state index contributed by atoms with van der Waals surface area (Å²) in [5, 5.41) is 0. The Morgan fingerprint density at radius 1 is 1.50 bits per heavy atom. The van der Waals surface area contributed by atoms with Gasteiger partial charge in [0.05, 0.1) is 5.83 Å². The highest BCUT2D eigenvalue weighted by molar-refractivity contribution is 5.08. The van der Waals surface area contributed by atoms with Gasteiger partial charge in [0.2, 0.25) is 0 Å². The first-order valence-electron chi connectivity index (χ1n) is 3.54. The van der Waals surface area contributed by atoms with Gasteiger partial charge in [0.25, 0.3) is 0 Å². The fraction of sp³-hybridized carbons (Fsp3) is 0.750. The van der Waals surface area contributed by atoms with Crippen LogP contribution in [0.3, 0.4) is 0 Å². The number of rotatable bonds is 0. The third-order valence-electron chi connectivity index (χ3n) is 2.00. The summed E-state index contributed by atoms with van der Waals surface area (Å²) < 4.78 is 12.7. The molecule has 1 rings (SSSR count). The minimum atomic E-state index is 0. The first-order valence-corrected chi connectivity index (χ1v) is 3.54. The average molecular weight is 148 g/mol. The highest BCUT2D eigenvalue weighted by atomic mass is 19.1. The van der Waals surface area contributed by atoms with Gasteiger partial charge in [-0.25, -0.2) is 4.39 Å². The van der Waals surface area contributed by atoms with Crippen molar-refractivity contribution < 1.29 is 9.09 Å². The molecule has 0 amide bonds. The van der Waals surface area contributed by atoms with Gasteiger partial charge >= 0.3 is 0 Å². The molecule has 0 nitrogen and oxygen atoms in total. The van der Waals surface area contributed by atoms with Crippen molar-refractivity contribution in [3.8, 4) is 0 Å². The van der Waals surface area contributed by atoms with Crippen LogP contribution in [-0.2, 0) is 0 Å². The second-order valence-electron chi connectivity index (χ2n) is 3.03. The molecule has 1 atom stereocenters. The molecule has 0 heterocycles. The topological polar surface area (TPSA) is 0 Å². The molecule has 1 unspecified atom stereocenters. The van der Waals surface area contributed by atoms with Gasteiger partial charge in [-0.3, -0.25) is 4.70 Å². The van der Waals surface area contributed by atoms with E-state index >= 15 is 0 Å². The van der Waals surface area contributed by atoms with Crippen molar-refractivity contribution in [1.82, 2.24) is 0 Å². The summed E-state index contributed by atoms with van der Waals surface area (Å²) in [7, 11) is 0. The lowest BCUT2D eigenvalue weighted by atomic mass is 9.91. The summed E-state index contributed by atoms with van der Waals surface area (Å²) in [6.07, 6.45) is 2.80. The molecule has 0 N–H and O–H groups in total. The minimum absolute atomic E-state index is 0. The van der Waals surface area contributed by atoms with Gasteiger partial charge in [-0.15, -0.1) is 0 Å². The van der Waals surface area contributed by atoms with E-state index in [1.165, 1.54) is 6.42 Å². The SMILES string of the molecule is CC1=C(F)CC(C)CC1.F. The fourth-order valence-electron chi connectivity index (χ4n) is 1.18. The molecular weight excluding hydrogens is 134 g/mol. The molecule has 0 aliphatic heterocycles. The Balaban J connectivity index is 0.000000810. The maximum absolute atomic E-state index is 12.7. The summed E-state index contributed by atoms with van der Waals surface area (Å²) >= 11 is 0. The molecule has 1 aliphatic rings. The van der Waals surface area contributed by atoms with Crippen LogP contribution in [0.1, 0.15) is 33.1 Å². The van der Waals surface area contributed by atoms with Crippen LogP contribution in [0.2, 0.25) is 0 Å². The van der Waals surface area contributed by atoms with Gasteiger partial charge in [-0.05, 0) is 31.3 Å². The first kappa shape index (κ1) is 9.60. The molecule has 0 aromatic carbocycles. The van der Waals surface area contributed by atoms with Gasteiger partial charge in [0, 0.05) is 6.42 Å². The Kier molecular flexibility index (Phi) is 3.54. The predicted molar refractivity (Wildman–Crippen MR) is 39.3 cm³/mol. The van der Waals surface area contributed by atoms with E-state index in [1.807, 2.05) is 6.92 Å². The van der Waals surface area contributed by atoms with Crippen molar-refractivity contribution in [2.45, 2.75) is 33.1 Å². The standard InChI is InChI=1S/C8H13F.FH/c1-6-3-4-7(2)8(9)5-6;/h6H,3-5H2,1-2H3;1H. The largest absolute Gasteiger partial charge is 0.269 e. The van der Waals surface area contributed by atoms with E-state index in [2.05, 4.69) is 6.92 Å². The monoisotopic (exact) mass is 148 g/mol. The van der Waals surface area contributed by atoms with Crippen LogP contribution >= 0.6 is 0 Å². The highest BCUT2D eigenvalue weighted by Crippen LogP contribution is 2.28. The molecule has 10 heavy (non-hydrogen) atoms. The van der Waals surface area contributed by atoms with E-state index in [4.69, 9.17) is 0 Å². The van der Waals surface area contributed by atoms with Gasteiger partial charge in [0.15, 0.2) is 0 Å². The zero-order valence-corrected chi connectivity index (χ0v) is 6.48. The van der Waals surface area contributed by atoms with Crippen LogP contribution < -0.4 is 0 Å². The number of hydrogen-bond acceptors (Lipinski definition) is 0. The number of hydrogen-bond donors (Lipinski definition) is 0. The zero-order chi connectivity index (χ0) is 6.85. The van der Waals surface area contributed by atoms with E-state index < -0.39 is 0 Å². The highest BCUT2D eigenvalue weighted by Gasteiger charge is 2.14. The molecule has 0 saturated carbocycles.